The lowest BCUT2D eigenvalue weighted by Crippen LogP contribution is -2.01. The van der Waals surface area contributed by atoms with E-state index in [1.807, 2.05) is 18.2 Å². The number of ether oxygens (including phenoxy) is 1. The highest BCUT2D eigenvalue weighted by Gasteiger charge is 2.04. The molecule has 0 unspecified atom stereocenters. The zero-order chi connectivity index (χ0) is 12.1. The number of benzene rings is 1. The average Bonchev–Trinajstić information content (AvgIpc) is 2.40. The number of esters is 1. The lowest BCUT2D eigenvalue weighted by Gasteiger charge is -2.05. The molecule has 0 fully saturated rings. The van der Waals surface area contributed by atoms with Gasteiger partial charge in [0.05, 0.1) is 12.7 Å². The highest BCUT2D eigenvalue weighted by Crippen LogP contribution is 2.15. The van der Waals surface area contributed by atoms with Crippen LogP contribution in [-0.2, 0) is 4.74 Å². The van der Waals surface area contributed by atoms with E-state index < -0.39 is 0 Å². The molecule has 0 radical (unpaired) electrons. The summed E-state index contributed by atoms with van der Waals surface area (Å²) in [6.07, 6.45) is 1.71. The number of nitrogens with one attached hydrogen (secondary N) is 1. The van der Waals surface area contributed by atoms with Crippen molar-refractivity contribution < 1.29 is 9.53 Å². The van der Waals surface area contributed by atoms with Crippen molar-refractivity contribution in [3.8, 4) is 0 Å². The standard InChI is InChI=1S/C13H12N2O2/c1-17-13(16)10-5-7-11(8-6-10)15-12-4-2-3-9-14-12/h2-9H,1H3,(H,14,15). The van der Waals surface area contributed by atoms with Crippen LogP contribution in [0.3, 0.4) is 0 Å². The first-order chi connectivity index (χ1) is 8.29. The second kappa shape index (κ2) is 5.12. The summed E-state index contributed by atoms with van der Waals surface area (Å²) in [6.45, 7) is 0. The normalized spacial score (nSPS) is 9.71. The molecule has 0 saturated carbocycles. The van der Waals surface area contributed by atoms with Gasteiger partial charge in [-0.2, -0.15) is 0 Å². The van der Waals surface area contributed by atoms with E-state index in [-0.39, 0.29) is 5.97 Å². The molecule has 0 bridgehead atoms. The number of methoxy groups -OCH3 is 1. The Bertz CT molecular complexity index is 495. The van der Waals surface area contributed by atoms with Crippen LogP contribution < -0.4 is 5.32 Å². The zero-order valence-electron chi connectivity index (χ0n) is 9.38. The van der Waals surface area contributed by atoms with Gasteiger partial charge in [0.1, 0.15) is 5.82 Å². The van der Waals surface area contributed by atoms with E-state index in [2.05, 4.69) is 15.0 Å². The van der Waals surface area contributed by atoms with Crippen molar-refractivity contribution in [3.63, 3.8) is 0 Å². The quantitative estimate of drug-likeness (QED) is 0.820. The highest BCUT2D eigenvalue weighted by molar-refractivity contribution is 5.89. The number of aromatic nitrogens is 1. The third-order valence-corrected chi connectivity index (χ3v) is 2.24. The number of rotatable bonds is 3. The highest BCUT2D eigenvalue weighted by atomic mass is 16.5. The molecule has 0 aliphatic carbocycles. The summed E-state index contributed by atoms with van der Waals surface area (Å²) in [4.78, 5) is 15.4. The molecule has 1 heterocycles. The molecule has 2 aromatic rings. The molecule has 1 N–H and O–H groups in total. The predicted molar refractivity (Wildman–Crippen MR) is 65.3 cm³/mol. The van der Waals surface area contributed by atoms with E-state index in [0.29, 0.717) is 5.56 Å². The molecule has 2 rings (SSSR count). The number of hydrogen-bond donors (Lipinski definition) is 1. The Morgan fingerprint density at radius 2 is 1.94 bits per heavy atom. The van der Waals surface area contributed by atoms with Crippen LogP contribution in [0.5, 0.6) is 0 Å². The fourth-order valence-electron chi connectivity index (χ4n) is 1.39. The maximum absolute atomic E-state index is 11.2. The minimum Gasteiger partial charge on any atom is -0.465 e. The van der Waals surface area contributed by atoms with Crippen LogP contribution in [0.2, 0.25) is 0 Å². The first kappa shape index (κ1) is 11.1. The summed E-state index contributed by atoms with van der Waals surface area (Å²) in [5, 5.41) is 3.12. The van der Waals surface area contributed by atoms with E-state index in [1.165, 1.54) is 7.11 Å². The van der Waals surface area contributed by atoms with E-state index in [4.69, 9.17) is 0 Å². The van der Waals surface area contributed by atoms with Crippen molar-refractivity contribution in [2.75, 3.05) is 12.4 Å². The van der Waals surface area contributed by atoms with Crippen LogP contribution in [-0.4, -0.2) is 18.1 Å². The van der Waals surface area contributed by atoms with Crippen molar-refractivity contribution in [1.82, 2.24) is 4.98 Å². The van der Waals surface area contributed by atoms with Gasteiger partial charge in [-0.05, 0) is 36.4 Å². The smallest absolute Gasteiger partial charge is 0.337 e. The van der Waals surface area contributed by atoms with E-state index >= 15 is 0 Å². The Hall–Kier alpha value is -2.36. The van der Waals surface area contributed by atoms with E-state index in [0.717, 1.165) is 11.5 Å². The first-order valence-electron chi connectivity index (χ1n) is 5.16. The molecule has 4 heteroatoms. The number of pyridine rings is 1. The number of nitrogens with zero attached hydrogens (tertiary/aromatic N) is 1. The predicted octanol–water partition coefficient (Wildman–Crippen LogP) is 2.61. The van der Waals surface area contributed by atoms with Crippen LogP contribution in [0.15, 0.2) is 48.7 Å². The lowest BCUT2D eigenvalue weighted by molar-refractivity contribution is 0.0601. The van der Waals surface area contributed by atoms with Crippen LogP contribution in [0.1, 0.15) is 10.4 Å². The number of carbonyl (C=O) groups is 1. The monoisotopic (exact) mass is 228 g/mol. The molecule has 0 amide bonds. The maximum Gasteiger partial charge on any atom is 0.337 e. The molecule has 0 atom stereocenters. The Labute approximate surface area is 99.3 Å². The second-order valence-corrected chi connectivity index (χ2v) is 3.41. The van der Waals surface area contributed by atoms with Gasteiger partial charge in [0.15, 0.2) is 0 Å². The van der Waals surface area contributed by atoms with Gasteiger partial charge in [0, 0.05) is 11.9 Å². The van der Waals surface area contributed by atoms with Crippen molar-refractivity contribution in [2.24, 2.45) is 0 Å². The molecular formula is C13H12N2O2. The van der Waals surface area contributed by atoms with Crippen molar-refractivity contribution in [2.45, 2.75) is 0 Å². The minimum atomic E-state index is -0.339. The fraction of sp³-hybridized carbons (Fsp3) is 0.0769. The molecule has 1 aromatic heterocycles. The van der Waals surface area contributed by atoms with E-state index in [9.17, 15) is 4.79 Å². The van der Waals surface area contributed by atoms with Gasteiger partial charge in [-0.25, -0.2) is 9.78 Å². The van der Waals surface area contributed by atoms with Gasteiger partial charge < -0.3 is 10.1 Å². The number of carbonyl (C=O) groups excluding carboxylic acids is 1. The maximum atomic E-state index is 11.2. The molecule has 0 aliphatic rings. The fourth-order valence-corrected chi connectivity index (χ4v) is 1.39. The van der Waals surface area contributed by atoms with Crippen molar-refractivity contribution in [1.29, 1.82) is 0 Å². The summed E-state index contributed by atoms with van der Waals surface area (Å²) in [6, 6.07) is 12.6. The van der Waals surface area contributed by atoms with Gasteiger partial charge in [-0.15, -0.1) is 0 Å². The summed E-state index contributed by atoms with van der Waals surface area (Å²) in [5.41, 5.74) is 1.40. The SMILES string of the molecule is COC(=O)c1ccc(Nc2ccccn2)cc1. The molecule has 86 valence electrons. The molecule has 1 aromatic carbocycles. The lowest BCUT2D eigenvalue weighted by atomic mass is 10.2. The molecule has 0 aliphatic heterocycles. The Morgan fingerprint density at radius 1 is 1.18 bits per heavy atom. The van der Waals surface area contributed by atoms with Crippen LogP contribution >= 0.6 is 0 Å². The largest absolute Gasteiger partial charge is 0.465 e. The van der Waals surface area contributed by atoms with Gasteiger partial charge in [-0.1, -0.05) is 6.07 Å². The molecule has 17 heavy (non-hydrogen) atoms. The van der Waals surface area contributed by atoms with Gasteiger partial charge in [0.25, 0.3) is 0 Å². The van der Waals surface area contributed by atoms with Crippen LogP contribution in [0.25, 0.3) is 0 Å². The Kier molecular flexibility index (Phi) is 3.35. The summed E-state index contributed by atoms with van der Waals surface area (Å²) >= 11 is 0. The first-order valence-corrected chi connectivity index (χ1v) is 5.16. The minimum absolute atomic E-state index is 0.339. The third-order valence-electron chi connectivity index (χ3n) is 2.24. The molecule has 0 saturated heterocycles. The summed E-state index contributed by atoms with van der Waals surface area (Å²) in [7, 11) is 1.36. The van der Waals surface area contributed by atoms with Gasteiger partial charge >= 0.3 is 5.97 Å². The van der Waals surface area contributed by atoms with Crippen LogP contribution in [0, 0.1) is 0 Å². The van der Waals surface area contributed by atoms with E-state index in [1.54, 1.807) is 30.5 Å². The Balaban J connectivity index is 2.11. The van der Waals surface area contributed by atoms with Gasteiger partial charge in [0.2, 0.25) is 0 Å². The molecule has 0 spiro atoms. The number of hydrogen-bond acceptors (Lipinski definition) is 4. The van der Waals surface area contributed by atoms with Crippen molar-refractivity contribution in [3.05, 3.63) is 54.2 Å². The second-order valence-electron chi connectivity index (χ2n) is 3.41. The number of anilines is 2. The average molecular weight is 228 g/mol. The summed E-state index contributed by atoms with van der Waals surface area (Å²) in [5.74, 6) is 0.424. The molecular weight excluding hydrogens is 216 g/mol. The van der Waals surface area contributed by atoms with Crippen LogP contribution in [0.4, 0.5) is 11.5 Å². The summed E-state index contributed by atoms with van der Waals surface area (Å²) < 4.78 is 4.62. The van der Waals surface area contributed by atoms with Gasteiger partial charge in [-0.3, -0.25) is 0 Å². The molecule has 4 nitrogen and oxygen atoms in total. The topological polar surface area (TPSA) is 51.2 Å². The third kappa shape index (κ3) is 2.81. The zero-order valence-corrected chi connectivity index (χ0v) is 9.38. The van der Waals surface area contributed by atoms with Crippen molar-refractivity contribution >= 4 is 17.5 Å². The Morgan fingerprint density at radius 3 is 2.53 bits per heavy atom.